The van der Waals surface area contributed by atoms with Gasteiger partial charge >= 0.3 is 5.69 Å². The van der Waals surface area contributed by atoms with Gasteiger partial charge in [0.25, 0.3) is 0 Å². The quantitative estimate of drug-likeness (QED) is 0.427. The molecule has 8 heteroatoms. The average Bonchev–Trinajstić information content (AvgIpc) is 2.56. The van der Waals surface area contributed by atoms with Crippen LogP contribution in [-0.2, 0) is 0 Å². The van der Waals surface area contributed by atoms with E-state index in [0.29, 0.717) is 5.82 Å². The molecule has 0 amide bonds. The molecule has 0 fully saturated rings. The first-order valence-electron chi connectivity index (χ1n) is 7.06. The Morgan fingerprint density at radius 3 is 2.58 bits per heavy atom. The van der Waals surface area contributed by atoms with Crippen LogP contribution in [0, 0.1) is 17.0 Å². The number of nitrogens with one attached hydrogen (secondary N) is 1. The van der Waals surface area contributed by atoms with Gasteiger partial charge in [0.05, 0.1) is 4.92 Å². The van der Waals surface area contributed by atoms with Gasteiger partial charge in [-0.15, -0.1) is 0 Å². The van der Waals surface area contributed by atoms with Gasteiger partial charge in [-0.25, -0.2) is 15.0 Å². The van der Waals surface area contributed by atoms with E-state index in [0.717, 1.165) is 10.6 Å². The summed E-state index contributed by atoms with van der Waals surface area (Å²) in [5.41, 5.74) is 0.630. The molecule has 0 aliphatic heterocycles. The van der Waals surface area contributed by atoms with E-state index < -0.39 is 4.92 Å². The Balaban J connectivity index is 1.97. The number of aryl methyl sites for hydroxylation is 1. The molecule has 0 bridgehead atoms. The van der Waals surface area contributed by atoms with Crippen LogP contribution in [0.1, 0.15) is 5.69 Å². The highest BCUT2D eigenvalue weighted by atomic mass is 32.2. The number of nitro groups is 1. The lowest BCUT2D eigenvalue weighted by Crippen LogP contribution is -2.04. The van der Waals surface area contributed by atoms with Gasteiger partial charge in [-0.3, -0.25) is 10.1 Å². The number of benzene rings is 1. The molecular weight excluding hydrogens is 326 g/mol. The number of aromatic nitrogens is 3. The van der Waals surface area contributed by atoms with Gasteiger partial charge in [0, 0.05) is 10.6 Å². The Hall–Kier alpha value is -3.00. The summed E-state index contributed by atoms with van der Waals surface area (Å²) in [6.45, 7) is 1.84. The molecule has 3 rings (SSSR count). The van der Waals surface area contributed by atoms with Crippen molar-refractivity contribution in [1.29, 1.82) is 0 Å². The summed E-state index contributed by atoms with van der Waals surface area (Å²) in [5.74, 6) is 0.610. The lowest BCUT2D eigenvalue weighted by molar-refractivity contribution is -0.387. The molecule has 2 heterocycles. The maximum absolute atomic E-state index is 11.5. The second kappa shape index (κ2) is 7.05. The smallest absolute Gasteiger partial charge is 0.319 e. The fraction of sp³-hybridized carbons (Fsp3) is 0.0625. The number of hydrogen-bond donors (Lipinski definition) is 1. The maximum Gasteiger partial charge on any atom is 0.343 e. The summed E-state index contributed by atoms with van der Waals surface area (Å²) in [4.78, 5) is 24.3. The van der Waals surface area contributed by atoms with Crippen molar-refractivity contribution in [2.45, 2.75) is 16.8 Å². The third kappa shape index (κ3) is 3.66. The SMILES string of the molecule is Cc1cccc(Nc2ncnc(Sc3ccccc3)c2[N+](=O)[O-])n1. The van der Waals surface area contributed by atoms with Crippen LogP contribution in [0.5, 0.6) is 0 Å². The number of rotatable bonds is 5. The molecule has 0 atom stereocenters. The van der Waals surface area contributed by atoms with Gasteiger partial charge < -0.3 is 5.32 Å². The Kier molecular flexibility index (Phi) is 4.66. The minimum absolute atomic E-state index is 0.117. The minimum Gasteiger partial charge on any atom is -0.319 e. The van der Waals surface area contributed by atoms with Crippen molar-refractivity contribution >= 4 is 29.1 Å². The molecule has 0 saturated heterocycles. The Morgan fingerprint density at radius 1 is 1.08 bits per heavy atom. The van der Waals surface area contributed by atoms with E-state index in [4.69, 9.17) is 0 Å². The number of pyridine rings is 1. The molecule has 1 aromatic carbocycles. The highest BCUT2D eigenvalue weighted by Gasteiger charge is 2.24. The molecule has 3 aromatic rings. The third-order valence-electron chi connectivity index (χ3n) is 3.06. The summed E-state index contributed by atoms with van der Waals surface area (Å²) in [6.07, 6.45) is 1.30. The monoisotopic (exact) mass is 339 g/mol. The van der Waals surface area contributed by atoms with Gasteiger partial charge in [0.1, 0.15) is 12.1 Å². The molecule has 0 spiro atoms. The van der Waals surface area contributed by atoms with E-state index in [2.05, 4.69) is 20.3 Å². The van der Waals surface area contributed by atoms with E-state index in [1.165, 1.54) is 18.1 Å². The van der Waals surface area contributed by atoms with Crippen LogP contribution in [0.25, 0.3) is 0 Å². The summed E-state index contributed by atoms with van der Waals surface area (Å²) in [5, 5.41) is 14.7. The van der Waals surface area contributed by atoms with E-state index in [9.17, 15) is 10.1 Å². The van der Waals surface area contributed by atoms with Crippen LogP contribution in [-0.4, -0.2) is 19.9 Å². The van der Waals surface area contributed by atoms with Crippen LogP contribution < -0.4 is 5.32 Å². The van der Waals surface area contributed by atoms with Crippen molar-refractivity contribution in [2.24, 2.45) is 0 Å². The largest absolute Gasteiger partial charge is 0.343 e. The Bertz CT molecular complexity index is 873. The second-order valence-electron chi connectivity index (χ2n) is 4.84. The Morgan fingerprint density at radius 2 is 1.88 bits per heavy atom. The summed E-state index contributed by atoms with van der Waals surface area (Å²) < 4.78 is 0. The number of nitrogens with zero attached hydrogens (tertiary/aromatic N) is 4. The highest BCUT2D eigenvalue weighted by Crippen LogP contribution is 2.37. The molecule has 24 heavy (non-hydrogen) atoms. The summed E-state index contributed by atoms with van der Waals surface area (Å²) in [6, 6.07) is 14.7. The molecule has 0 radical (unpaired) electrons. The molecular formula is C16H13N5O2S. The standard InChI is InChI=1S/C16H13N5O2S/c1-11-6-5-9-13(19-11)20-15-14(21(22)23)16(18-10-17-15)24-12-7-3-2-4-8-12/h2-10H,1H3,(H,17,18,19,20). The van der Waals surface area contributed by atoms with E-state index in [1.807, 2.05) is 49.4 Å². The first kappa shape index (κ1) is 15.9. The van der Waals surface area contributed by atoms with Crippen molar-refractivity contribution < 1.29 is 4.92 Å². The molecule has 120 valence electrons. The van der Waals surface area contributed by atoms with Gasteiger partial charge in [-0.05, 0) is 31.2 Å². The van der Waals surface area contributed by atoms with Crippen molar-refractivity contribution in [3.8, 4) is 0 Å². The first-order chi connectivity index (χ1) is 11.6. The lowest BCUT2D eigenvalue weighted by Gasteiger charge is -2.08. The summed E-state index contributed by atoms with van der Waals surface area (Å²) in [7, 11) is 0. The lowest BCUT2D eigenvalue weighted by atomic mass is 10.3. The fourth-order valence-corrected chi connectivity index (χ4v) is 2.91. The van der Waals surface area contributed by atoms with Crippen molar-refractivity contribution in [3.63, 3.8) is 0 Å². The van der Waals surface area contributed by atoms with Crippen molar-refractivity contribution in [1.82, 2.24) is 15.0 Å². The molecule has 0 unspecified atom stereocenters. The molecule has 7 nitrogen and oxygen atoms in total. The second-order valence-corrected chi connectivity index (χ2v) is 5.90. The molecule has 1 N–H and O–H groups in total. The zero-order chi connectivity index (χ0) is 16.9. The topological polar surface area (TPSA) is 93.8 Å². The predicted molar refractivity (Wildman–Crippen MR) is 91.5 cm³/mol. The first-order valence-corrected chi connectivity index (χ1v) is 7.88. The van der Waals surface area contributed by atoms with Gasteiger partial charge in [0.2, 0.25) is 5.82 Å². The zero-order valence-electron chi connectivity index (χ0n) is 12.7. The van der Waals surface area contributed by atoms with Crippen LogP contribution in [0.3, 0.4) is 0 Å². The van der Waals surface area contributed by atoms with E-state index in [-0.39, 0.29) is 16.5 Å². The van der Waals surface area contributed by atoms with Gasteiger partial charge in [-0.1, -0.05) is 36.0 Å². The van der Waals surface area contributed by atoms with Crippen LogP contribution in [0.2, 0.25) is 0 Å². The fourth-order valence-electron chi connectivity index (χ4n) is 2.03. The molecule has 0 aliphatic rings. The van der Waals surface area contributed by atoms with Crippen molar-refractivity contribution in [2.75, 3.05) is 5.32 Å². The van der Waals surface area contributed by atoms with E-state index in [1.54, 1.807) is 6.07 Å². The van der Waals surface area contributed by atoms with Crippen LogP contribution in [0.4, 0.5) is 17.3 Å². The summed E-state index contributed by atoms with van der Waals surface area (Å²) >= 11 is 1.22. The average molecular weight is 339 g/mol. The number of anilines is 2. The zero-order valence-corrected chi connectivity index (χ0v) is 13.5. The minimum atomic E-state index is -0.483. The number of hydrogen-bond acceptors (Lipinski definition) is 7. The highest BCUT2D eigenvalue weighted by molar-refractivity contribution is 7.99. The van der Waals surface area contributed by atoms with Crippen molar-refractivity contribution in [3.05, 3.63) is 70.7 Å². The van der Waals surface area contributed by atoms with Crippen LogP contribution >= 0.6 is 11.8 Å². The van der Waals surface area contributed by atoms with E-state index >= 15 is 0 Å². The molecule has 0 aliphatic carbocycles. The maximum atomic E-state index is 11.5. The normalized spacial score (nSPS) is 10.4. The molecule has 0 saturated carbocycles. The predicted octanol–water partition coefficient (Wildman–Crippen LogP) is 3.98. The van der Waals surface area contributed by atoms with Gasteiger partial charge in [-0.2, -0.15) is 0 Å². The van der Waals surface area contributed by atoms with Crippen LogP contribution in [0.15, 0.2) is 64.8 Å². The Labute approximate surface area is 142 Å². The molecule has 2 aromatic heterocycles. The third-order valence-corrected chi connectivity index (χ3v) is 4.06. The van der Waals surface area contributed by atoms with Gasteiger partial charge in [0.15, 0.2) is 5.03 Å².